The number of methoxy groups -OCH3 is 1. The number of aromatic nitrogens is 1. The van der Waals surface area contributed by atoms with Gasteiger partial charge in [0.05, 0.1) is 30.6 Å². The maximum atomic E-state index is 8.81. The number of nitrogen functional groups attached to an aromatic ring is 1. The molecule has 0 aliphatic heterocycles. The highest BCUT2D eigenvalue weighted by atomic mass is 16.5. The summed E-state index contributed by atoms with van der Waals surface area (Å²) in [7, 11) is 1.51. The summed E-state index contributed by atoms with van der Waals surface area (Å²) in [6, 6.07) is 8.61. The highest BCUT2D eigenvalue weighted by molar-refractivity contribution is 5.54. The van der Waals surface area contributed by atoms with Crippen molar-refractivity contribution in [2.45, 2.75) is 0 Å². The van der Waals surface area contributed by atoms with Crippen molar-refractivity contribution in [3.63, 3.8) is 0 Å². The van der Waals surface area contributed by atoms with Crippen LogP contribution in [0.1, 0.15) is 5.56 Å². The molecule has 0 spiro atoms. The van der Waals surface area contributed by atoms with Crippen molar-refractivity contribution < 1.29 is 9.47 Å². The van der Waals surface area contributed by atoms with E-state index in [9.17, 15) is 0 Å². The van der Waals surface area contributed by atoms with Crippen LogP contribution in [0, 0.1) is 11.3 Å². The molecule has 0 bridgehead atoms. The first-order valence-electron chi connectivity index (χ1n) is 5.20. The van der Waals surface area contributed by atoms with Crippen LogP contribution in [-0.4, -0.2) is 12.1 Å². The molecule has 0 fully saturated rings. The Balaban J connectivity index is 2.35. The van der Waals surface area contributed by atoms with E-state index in [0.29, 0.717) is 28.5 Å². The van der Waals surface area contributed by atoms with Gasteiger partial charge in [-0.2, -0.15) is 5.26 Å². The Morgan fingerprint density at radius 1 is 1.22 bits per heavy atom. The lowest BCUT2D eigenvalue weighted by molar-refractivity contribution is 0.379. The summed E-state index contributed by atoms with van der Waals surface area (Å²) in [6.45, 7) is 0. The average Bonchev–Trinajstić information content (AvgIpc) is 2.41. The van der Waals surface area contributed by atoms with Gasteiger partial charge in [0.25, 0.3) is 0 Å². The molecule has 0 atom stereocenters. The van der Waals surface area contributed by atoms with E-state index in [0.717, 1.165) is 0 Å². The van der Waals surface area contributed by atoms with Crippen molar-refractivity contribution in [2.75, 3.05) is 12.8 Å². The molecule has 5 heteroatoms. The largest absolute Gasteiger partial charge is 0.493 e. The lowest BCUT2D eigenvalue weighted by atomic mass is 10.2. The van der Waals surface area contributed by atoms with Crippen LogP contribution in [0.4, 0.5) is 5.69 Å². The second-order valence-electron chi connectivity index (χ2n) is 3.49. The topological polar surface area (TPSA) is 81.2 Å². The number of nitrogens with zero attached hydrogens (tertiary/aromatic N) is 2. The highest BCUT2D eigenvalue weighted by Crippen LogP contribution is 2.34. The van der Waals surface area contributed by atoms with Crippen molar-refractivity contribution in [1.29, 1.82) is 5.26 Å². The molecule has 2 aromatic rings. The van der Waals surface area contributed by atoms with E-state index >= 15 is 0 Å². The molecule has 0 aliphatic carbocycles. The van der Waals surface area contributed by atoms with Gasteiger partial charge < -0.3 is 15.2 Å². The van der Waals surface area contributed by atoms with Crippen LogP contribution in [0.3, 0.4) is 0 Å². The van der Waals surface area contributed by atoms with Gasteiger partial charge in [-0.15, -0.1) is 0 Å². The molecular formula is C13H11N3O2. The number of nitrogens with two attached hydrogens (primary N) is 1. The zero-order chi connectivity index (χ0) is 13.0. The van der Waals surface area contributed by atoms with Gasteiger partial charge in [0.1, 0.15) is 0 Å². The summed E-state index contributed by atoms with van der Waals surface area (Å²) >= 11 is 0. The molecule has 1 heterocycles. The fourth-order valence-electron chi connectivity index (χ4n) is 1.43. The maximum Gasteiger partial charge on any atom is 0.169 e. The van der Waals surface area contributed by atoms with Gasteiger partial charge in [-0.25, -0.2) is 0 Å². The molecule has 0 amide bonds. The fraction of sp³-hybridized carbons (Fsp3) is 0.0769. The number of pyridine rings is 1. The predicted octanol–water partition coefficient (Wildman–Crippen LogP) is 2.34. The summed E-state index contributed by atoms with van der Waals surface area (Å²) in [4.78, 5) is 3.88. The zero-order valence-corrected chi connectivity index (χ0v) is 9.75. The molecule has 0 saturated heterocycles. The van der Waals surface area contributed by atoms with E-state index in [1.54, 1.807) is 30.5 Å². The van der Waals surface area contributed by atoms with Gasteiger partial charge >= 0.3 is 0 Å². The first kappa shape index (κ1) is 11.7. The van der Waals surface area contributed by atoms with Gasteiger partial charge in [0.15, 0.2) is 17.2 Å². The Bertz CT molecular complexity index is 605. The number of benzene rings is 1. The minimum Gasteiger partial charge on any atom is -0.493 e. The molecule has 2 N–H and O–H groups in total. The van der Waals surface area contributed by atoms with Crippen molar-refractivity contribution in [3.05, 3.63) is 42.2 Å². The molecule has 2 rings (SSSR count). The SMILES string of the molecule is COc1cc(C#N)ccc1Oc1ccncc1N. The fourth-order valence-corrected chi connectivity index (χ4v) is 1.43. The minimum absolute atomic E-state index is 0.434. The summed E-state index contributed by atoms with van der Waals surface area (Å²) in [5.74, 6) is 1.47. The first-order valence-corrected chi connectivity index (χ1v) is 5.20. The van der Waals surface area contributed by atoms with Crippen LogP contribution in [0.2, 0.25) is 0 Å². The molecule has 0 saturated carbocycles. The smallest absolute Gasteiger partial charge is 0.169 e. The number of anilines is 1. The highest BCUT2D eigenvalue weighted by Gasteiger charge is 2.08. The zero-order valence-electron chi connectivity index (χ0n) is 9.75. The first-order chi connectivity index (χ1) is 8.74. The minimum atomic E-state index is 0.434. The van der Waals surface area contributed by atoms with E-state index in [1.165, 1.54) is 13.3 Å². The Morgan fingerprint density at radius 2 is 2.06 bits per heavy atom. The second-order valence-corrected chi connectivity index (χ2v) is 3.49. The molecule has 0 unspecified atom stereocenters. The summed E-state index contributed by atoms with van der Waals surface area (Å²) in [5.41, 5.74) is 6.67. The van der Waals surface area contributed by atoms with E-state index in [1.807, 2.05) is 6.07 Å². The molecule has 1 aromatic heterocycles. The van der Waals surface area contributed by atoms with Crippen molar-refractivity contribution >= 4 is 5.69 Å². The third kappa shape index (κ3) is 2.33. The van der Waals surface area contributed by atoms with Gasteiger partial charge in [-0.1, -0.05) is 0 Å². The van der Waals surface area contributed by atoms with E-state index in [-0.39, 0.29) is 0 Å². The Morgan fingerprint density at radius 3 is 2.72 bits per heavy atom. The third-order valence-electron chi connectivity index (χ3n) is 2.32. The maximum absolute atomic E-state index is 8.81. The predicted molar refractivity (Wildman–Crippen MR) is 66.4 cm³/mol. The Hall–Kier alpha value is -2.74. The second kappa shape index (κ2) is 5.06. The summed E-state index contributed by atoms with van der Waals surface area (Å²) < 4.78 is 10.8. The van der Waals surface area contributed by atoms with Crippen molar-refractivity contribution in [1.82, 2.24) is 4.98 Å². The number of ether oxygens (including phenoxy) is 2. The van der Waals surface area contributed by atoms with E-state index < -0.39 is 0 Å². The lowest BCUT2D eigenvalue weighted by Gasteiger charge is -2.11. The van der Waals surface area contributed by atoms with Crippen LogP contribution >= 0.6 is 0 Å². The van der Waals surface area contributed by atoms with E-state index in [2.05, 4.69) is 4.98 Å². The van der Waals surface area contributed by atoms with E-state index in [4.69, 9.17) is 20.5 Å². The molecule has 5 nitrogen and oxygen atoms in total. The molecule has 0 aliphatic rings. The number of nitriles is 1. The van der Waals surface area contributed by atoms with Gasteiger partial charge in [-0.3, -0.25) is 4.98 Å². The number of hydrogen-bond acceptors (Lipinski definition) is 5. The summed E-state index contributed by atoms with van der Waals surface area (Å²) in [6.07, 6.45) is 3.09. The van der Waals surface area contributed by atoms with Gasteiger partial charge in [0.2, 0.25) is 0 Å². The lowest BCUT2D eigenvalue weighted by Crippen LogP contribution is -1.95. The van der Waals surface area contributed by atoms with Crippen LogP contribution in [0.15, 0.2) is 36.7 Å². The molecule has 18 heavy (non-hydrogen) atoms. The molecular weight excluding hydrogens is 230 g/mol. The van der Waals surface area contributed by atoms with Crippen LogP contribution in [0.5, 0.6) is 17.2 Å². The van der Waals surface area contributed by atoms with Crippen molar-refractivity contribution in [3.8, 4) is 23.3 Å². The number of rotatable bonds is 3. The normalized spacial score (nSPS) is 9.56. The Labute approximate surface area is 104 Å². The van der Waals surface area contributed by atoms with Crippen LogP contribution in [-0.2, 0) is 0 Å². The van der Waals surface area contributed by atoms with Gasteiger partial charge in [-0.05, 0) is 12.1 Å². The standard InChI is InChI=1S/C13H11N3O2/c1-17-13-6-9(7-14)2-3-12(13)18-11-4-5-16-8-10(11)15/h2-6,8H,15H2,1H3. The molecule has 0 radical (unpaired) electrons. The monoisotopic (exact) mass is 241 g/mol. The summed E-state index contributed by atoms with van der Waals surface area (Å²) in [5, 5.41) is 8.81. The number of hydrogen-bond donors (Lipinski definition) is 1. The van der Waals surface area contributed by atoms with Crippen LogP contribution in [0.25, 0.3) is 0 Å². The quantitative estimate of drug-likeness (QED) is 0.891. The Kier molecular flexibility index (Phi) is 3.30. The molecule has 1 aromatic carbocycles. The molecule has 90 valence electrons. The third-order valence-corrected chi connectivity index (χ3v) is 2.32. The van der Waals surface area contributed by atoms with Gasteiger partial charge in [0, 0.05) is 18.3 Å². The average molecular weight is 241 g/mol. The van der Waals surface area contributed by atoms with Crippen molar-refractivity contribution in [2.24, 2.45) is 0 Å². The van der Waals surface area contributed by atoms with Crippen LogP contribution < -0.4 is 15.2 Å².